The summed E-state index contributed by atoms with van der Waals surface area (Å²) in [6.07, 6.45) is 16.1. The van der Waals surface area contributed by atoms with Crippen LogP contribution >= 0.6 is 0 Å². The molecule has 18 heavy (non-hydrogen) atoms. The number of unbranched alkanes of at least 4 members (excludes halogenated alkanes) is 5. The zero-order valence-corrected chi connectivity index (χ0v) is 12.7. The molecule has 0 bridgehead atoms. The van der Waals surface area contributed by atoms with E-state index < -0.39 is 0 Å². The molecule has 1 unspecified atom stereocenters. The summed E-state index contributed by atoms with van der Waals surface area (Å²) in [5.41, 5.74) is 0. The predicted molar refractivity (Wildman–Crippen MR) is 80.3 cm³/mol. The fourth-order valence-corrected chi connectivity index (χ4v) is 2.70. The van der Waals surface area contributed by atoms with Crippen molar-refractivity contribution in [3.05, 3.63) is 12.4 Å². The van der Waals surface area contributed by atoms with Crippen LogP contribution in [0.3, 0.4) is 0 Å². The Hall–Kier alpha value is -0.660. The lowest BCUT2D eigenvalue weighted by molar-refractivity contribution is 0.143. The predicted octanol–water partition coefficient (Wildman–Crippen LogP) is 4.58. The molecular formula is C16H32N2. The first-order valence-electron chi connectivity index (χ1n) is 8.03. The van der Waals surface area contributed by atoms with Crippen LogP contribution in [0.5, 0.6) is 0 Å². The fraction of sp³-hybridized carbons (Fsp3) is 0.875. The van der Waals surface area contributed by atoms with E-state index in [1.165, 1.54) is 57.9 Å². The highest BCUT2D eigenvalue weighted by Gasteiger charge is 2.23. The zero-order chi connectivity index (χ0) is 13.2. The maximum atomic E-state index is 2.55. The van der Waals surface area contributed by atoms with E-state index >= 15 is 0 Å². The number of hydrogen-bond donors (Lipinski definition) is 0. The van der Waals surface area contributed by atoms with Gasteiger partial charge < -0.3 is 9.80 Å². The van der Waals surface area contributed by atoms with Gasteiger partial charge in [-0.05, 0) is 26.2 Å². The van der Waals surface area contributed by atoms with E-state index in [9.17, 15) is 0 Å². The van der Waals surface area contributed by atoms with E-state index in [0.717, 1.165) is 6.54 Å². The average molecular weight is 252 g/mol. The van der Waals surface area contributed by atoms with Crippen LogP contribution < -0.4 is 0 Å². The van der Waals surface area contributed by atoms with E-state index in [-0.39, 0.29) is 0 Å². The van der Waals surface area contributed by atoms with E-state index in [4.69, 9.17) is 0 Å². The zero-order valence-electron chi connectivity index (χ0n) is 12.7. The van der Waals surface area contributed by atoms with Gasteiger partial charge in [-0.2, -0.15) is 0 Å². The molecule has 0 aromatic heterocycles. The molecule has 0 spiro atoms. The van der Waals surface area contributed by atoms with Crippen LogP contribution in [0.15, 0.2) is 12.4 Å². The number of rotatable bonds is 10. The molecule has 2 heteroatoms. The Morgan fingerprint density at radius 1 is 0.778 bits per heavy atom. The summed E-state index contributed by atoms with van der Waals surface area (Å²) in [7, 11) is 0. The first-order chi connectivity index (χ1) is 8.83. The summed E-state index contributed by atoms with van der Waals surface area (Å²) in [4.78, 5) is 5.04. The van der Waals surface area contributed by atoms with E-state index in [0.29, 0.717) is 6.17 Å². The maximum Gasteiger partial charge on any atom is 0.101 e. The quantitative estimate of drug-likeness (QED) is 0.525. The van der Waals surface area contributed by atoms with Crippen LogP contribution in [0.4, 0.5) is 0 Å². The van der Waals surface area contributed by atoms with Gasteiger partial charge >= 0.3 is 0 Å². The number of hydrogen-bond acceptors (Lipinski definition) is 2. The third kappa shape index (κ3) is 4.91. The summed E-state index contributed by atoms with van der Waals surface area (Å²) < 4.78 is 0. The highest BCUT2D eigenvalue weighted by molar-refractivity contribution is 4.96. The molecule has 1 atom stereocenters. The summed E-state index contributed by atoms with van der Waals surface area (Å²) in [5.74, 6) is 0. The van der Waals surface area contributed by atoms with Crippen molar-refractivity contribution >= 4 is 0 Å². The van der Waals surface area contributed by atoms with E-state index in [1.54, 1.807) is 0 Å². The monoisotopic (exact) mass is 252 g/mol. The van der Waals surface area contributed by atoms with Gasteiger partial charge in [-0.1, -0.05) is 46.0 Å². The number of nitrogens with zero attached hydrogens (tertiary/aromatic N) is 2. The Kier molecular flexibility index (Phi) is 7.95. The molecule has 2 nitrogen and oxygen atoms in total. The molecule has 0 amide bonds. The van der Waals surface area contributed by atoms with Crippen molar-refractivity contribution < 1.29 is 0 Å². The van der Waals surface area contributed by atoms with Crippen LogP contribution in [0.2, 0.25) is 0 Å². The Morgan fingerprint density at radius 2 is 1.44 bits per heavy atom. The maximum absolute atomic E-state index is 2.55. The molecule has 0 aromatic carbocycles. The standard InChI is InChI=1S/C16H32N2/c1-4-7-9-10-11-12-16-17(6-3)14-15-18(16)13-8-5-2/h14-16H,4-13H2,1-3H3. The van der Waals surface area contributed by atoms with Crippen LogP contribution in [-0.2, 0) is 0 Å². The first kappa shape index (κ1) is 15.4. The molecule has 0 fully saturated rings. The minimum atomic E-state index is 0.642. The van der Waals surface area contributed by atoms with Crippen molar-refractivity contribution in [1.82, 2.24) is 9.80 Å². The van der Waals surface area contributed by atoms with Gasteiger partial charge in [0, 0.05) is 25.5 Å². The average Bonchev–Trinajstić information content (AvgIpc) is 2.78. The summed E-state index contributed by atoms with van der Waals surface area (Å²) in [6, 6.07) is 0. The van der Waals surface area contributed by atoms with E-state index in [2.05, 4.69) is 43.0 Å². The molecule has 1 aliphatic heterocycles. The highest BCUT2D eigenvalue weighted by atomic mass is 15.4. The van der Waals surface area contributed by atoms with Gasteiger partial charge in [-0.25, -0.2) is 0 Å². The Labute approximate surface area is 114 Å². The van der Waals surface area contributed by atoms with Crippen LogP contribution in [0, 0.1) is 0 Å². The molecule has 0 aromatic rings. The van der Waals surface area contributed by atoms with E-state index in [1.807, 2.05) is 0 Å². The fourth-order valence-electron chi connectivity index (χ4n) is 2.70. The van der Waals surface area contributed by atoms with Crippen molar-refractivity contribution in [2.75, 3.05) is 13.1 Å². The molecule has 106 valence electrons. The SMILES string of the molecule is CCCCCCCC1N(CC)C=CN1CCCC. The molecule has 1 rings (SSSR count). The van der Waals surface area contributed by atoms with Gasteiger partial charge in [-0.3, -0.25) is 0 Å². The van der Waals surface area contributed by atoms with Gasteiger partial charge in [-0.15, -0.1) is 0 Å². The summed E-state index contributed by atoms with van der Waals surface area (Å²) in [6.45, 7) is 9.18. The third-order valence-corrected chi connectivity index (χ3v) is 3.92. The third-order valence-electron chi connectivity index (χ3n) is 3.92. The lowest BCUT2D eigenvalue weighted by Crippen LogP contribution is -2.38. The van der Waals surface area contributed by atoms with Crippen molar-refractivity contribution in [2.24, 2.45) is 0 Å². The highest BCUT2D eigenvalue weighted by Crippen LogP contribution is 2.21. The summed E-state index contributed by atoms with van der Waals surface area (Å²) >= 11 is 0. The largest absolute Gasteiger partial charge is 0.356 e. The molecule has 0 N–H and O–H groups in total. The summed E-state index contributed by atoms with van der Waals surface area (Å²) in [5, 5.41) is 0. The van der Waals surface area contributed by atoms with Gasteiger partial charge in [0.2, 0.25) is 0 Å². The lowest BCUT2D eigenvalue weighted by Gasteiger charge is -2.32. The van der Waals surface area contributed by atoms with Crippen molar-refractivity contribution in [2.45, 2.75) is 78.3 Å². The van der Waals surface area contributed by atoms with Gasteiger partial charge in [0.05, 0.1) is 0 Å². The molecule has 1 heterocycles. The van der Waals surface area contributed by atoms with Crippen molar-refractivity contribution in [1.29, 1.82) is 0 Å². The van der Waals surface area contributed by atoms with Crippen LogP contribution in [-0.4, -0.2) is 29.1 Å². The second kappa shape index (κ2) is 9.29. The Bertz CT molecular complexity index is 225. The van der Waals surface area contributed by atoms with Gasteiger partial charge in [0.25, 0.3) is 0 Å². The second-order valence-corrected chi connectivity index (χ2v) is 5.40. The topological polar surface area (TPSA) is 6.48 Å². The lowest BCUT2D eigenvalue weighted by atomic mass is 10.1. The Balaban J connectivity index is 2.28. The van der Waals surface area contributed by atoms with Gasteiger partial charge in [0.1, 0.15) is 6.17 Å². The molecule has 1 aliphatic rings. The Morgan fingerprint density at radius 3 is 2.11 bits per heavy atom. The van der Waals surface area contributed by atoms with Crippen molar-refractivity contribution in [3.63, 3.8) is 0 Å². The molecule has 0 saturated carbocycles. The normalized spacial score (nSPS) is 18.9. The minimum Gasteiger partial charge on any atom is -0.356 e. The molecule has 0 aliphatic carbocycles. The smallest absolute Gasteiger partial charge is 0.101 e. The first-order valence-corrected chi connectivity index (χ1v) is 8.03. The van der Waals surface area contributed by atoms with Crippen LogP contribution in [0.1, 0.15) is 72.1 Å². The van der Waals surface area contributed by atoms with Crippen LogP contribution in [0.25, 0.3) is 0 Å². The molecule has 0 saturated heterocycles. The van der Waals surface area contributed by atoms with Gasteiger partial charge in [0.15, 0.2) is 0 Å². The second-order valence-electron chi connectivity index (χ2n) is 5.40. The minimum absolute atomic E-state index is 0.642. The molecule has 0 radical (unpaired) electrons. The molecular weight excluding hydrogens is 220 g/mol. The van der Waals surface area contributed by atoms with Crippen molar-refractivity contribution in [3.8, 4) is 0 Å².